The van der Waals surface area contributed by atoms with E-state index in [1.54, 1.807) is 0 Å². The Bertz CT molecular complexity index is 485. The van der Waals surface area contributed by atoms with Crippen LogP contribution in [0.1, 0.15) is 39.0 Å². The van der Waals surface area contributed by atoms with Gasteiger partial charge < -0.3 is 29.9 Å². The molecule has 170 valence electrons. The number of hydrogen-bond acceptors (Lipinski definition) is 5. The number of hydrogen-bond donors (Lipinski definition) is 2. The van der Waals surface area contributed by atoms with Crippen LogP contribution in [0.15, 0.2) is 4.99 Å². The van der Waals surface area contributed by atoms with Crippen molar-refractivity contribution in [1.29, 1.82) is 0 Å². The van der Waals surface area contributed by atoms with Crippen LogP contribution >= 0.6 is 24.0 Å². The first-order chi connectivity index (χ1) is 13.6. The zero-order chi connectivity index (χ0) is 19.8. The largest absolute Gasteiger partial charge is 0.381 e. The Morgan fingerprint density at radius 1 is 1.10 bits per heavy atom. The first kappa shape index (κ1) is 25.1. The van der Waals surface area contributed by atoms with Crippen LogP contribution < -0.4 is 10.6 Å². The van der Waals surface area contributed by atoms with Gasteiger partial charge in [0.05, 0.1) is 13.2 Å². The quantitative estimate of drug-likeness (QED) is 0.302. The molecule has 1 atom stereocenters. The highest BCUT2D eigenvalue weighted by atomic mass is 127. The smallest absolute Gasteiger partial charge is 0.191 e. The van der Waals surface area contributed by atoms with Gasteiger partial charge in [0.15, 0.2) is 5.96 Å². The fourth-order valence-electron chi connectivity index (χ4n) is 4.59. The van der Waals surface area contributed by atoms with Crippen LogP contribution in [0.3, 0.4) is 0 Å². The van der Waals surface area contributed by atoms with E-state index < -0.39 is 0 Å². The fourth-order valence-corrected chi connectivity index (χ4v) is 4.59. The normalized spacial score (nSPS) is 26.3. The molecule has 0 bridgehead atoms. The molecule has 3 heterocycles. The summed E-state index contributed by atoms with van der Waals surface area (Å²) in [6, 6.07) is 0.513. The summed E-state index contributed by atoms with van der Waals surface area (Å²) in [4.78, 5) is 9.95. The van der Waals surface area contributed by atoms with Crippen LogP contribution in [0.25, 0.3) is 0 Å². The van der Waals surface area contributed by atoms with Gasteiger partial charge in [-0.05, 0) is 59.0 Å². The van der Waals surface area contributed by atoms with E-state index in [9.17, 15) is 0 Å². The van der Waals surface area contributed by atoms with E-state index in [1.165, 1.54) is 38.9 Å². The van der Waals surface area contributed by atoms with Crippen molar-refractivity contribution in [2.45, 2.75) is 50.6 Å². The molecule has 0 aromatic heterocycles. The van der Waals surface area contributed by atoms with Crippen LogP contribution in [-0.2, 0) is 9.47 Å². The molecule has 3 rings (SSSR count). The molecule has 3 saturated heterocycles. The van der Waals surface area contributed by atoms with Crippen molar-refractivity contribution in [2.24, 2.45) is 10.9 Å². The lowest BCUT2D eigenvalue weighted by molar-refractivity contribution is -0.00256. The van der Waals surface area contributed by atoms with E-state index >= 15 is 0 Å². The van der Waals surface area contributed by atoms with Gasteiger partial charge in [-0.25, -0.2) is 0 Å². The number of ether oxygens (including phenoxy) is 2. The number of piperidine rings is 1. The fraction of sp³-hybridized carbons (Fsp3) is 0.952. The molecule has 0 saturated carbocycles. The Morgan fingerprint density at radius 3 is 2.41 bits per heavy atom. The molecule has 1 unspecified atom stereocenters. The molecule has 29 heavy (non-hydrogen) atoms. The number of aliphatic imine (C=N–C) groups is 1. The van der Waals surface area contributed by atoms with Gasteiger partial charge in [0.25, 0.3) is 0 Å². The Labute approximate surface area is 194 Å². The van der Waals surface area contributed by atoms with E-state index in [4.69, 9.17) is 14.5 Å². The predicted octanol–water partition coefficient (Wildman–Crippen LogP) is 1.77. The third kappa shape index (κ3) is 7.48. The molecule has 7 nitrogen and oxygen atoms in total. The van der Waals surface area contributed by atoms with Crippen LogP contribution in [0.2, 0.25) is 0 Å². The highest BCUT2D eigenvalue weighted by Gasteiger charge is 2.35. The number of rotatable bonds is 7. The molecule has 3 aliphatic rings. The van der Waals surface area contributed by atoms with Crippen molar-refractivity contribution in [3.05, 3.63) is 0 Å². The zero-order valence-corrected chi connectivity index (χ0v) is 21.0. The second-order valence-electron chi connectivity index (χ2n) is 8.88. The maximum Gasteiger partial charge on any atom is 0.191 e. The summed E-state index contributed by atoms with van der Waals surface area (Å²) >= 11 is 0. The standard InChI is InChI=1S/C21H41N5O2.HI/c1-4-22-20(23-17-21(25(2)3)8-13-27-14-9-21)24-19-5-10-26(11-6-19)15-18-7-12-28-16-18;/h18-19H,4-17H2,1-3H3,(H2,22,23,24);1H. The first-order valence-corrected chi connectivity index (χ1v) is 11.2. The van der Waals surface area contributed by atoms with Crippen molar-refractivity contribution < 1.29 is 9.47 Å². The summed E-state index contributed by atoms with van der Waals surface area (Å²) in [5, 5.41) is 7.16. The van der Waals surface area contributed by atoms with Gasteiger partial charge in [-0.2, -0.15) is 0 Å². The van der Waals surface area contributed by atoms with Crippen molar-refractivity contribution in [1.82, 2.24) is 20.4 Å². The van der Waals surface area contributed by atoms with Gasteiger partial charge >= 0.3 is 0 Å². The second kappa shape index (κ2) is 12.6. The minimum absolute atomic E-state index is 0. The minimum atomic E-state index is 0. The molecule has 0 spiro atoms. The lowest BCUT2D eigenvalue weighted by atomic mass is 9.89. The number of nitrogens with zero attached hydrogens (tertiary/aromatic N) is 3. The lowest BCUT2D eigenvalue weighted by Crippen LogP contribution is -2.53. The highest BCUT2D eigenvalue weighted by Crippen LogP contribution is 2.26. The van der Waals surface area contributed by atoms with Crippen LogP contribution in [0.5, 0.6) is 0 Å². The second-order valence-corrected chi connectivity index (χ2v) is 8.88. The summed E-state index contributed by atoms with van der Waals surface area (Å²) in [6.07, 6.45) is 5.70. The number of halogens is 1. The van der Waals surface area contributed by atoms with E-state index in [1.807, 2.05) is 0 Å². The topological polar surface area (TPSA) is 61.4 Å². The molecular formula is C21H42IN5O2. The molecule has 0 aliphatic carbocycles. The van der Waals surface area contributed by atoms with Crippen molar-refractivity contribution in [2.75, 3.05) is 73.2 Å². The van der Waals surface area contributed by atoms with Crippen molar-refractivity contribution in [3.8, 4) is 0 Å². The van der Waals surface area contributed by atoms with Gasteiger partial charge in [-0.15, -0.1) is 24.0 Å². The lowest BCUT2D eigenvalue weighted by Gasteiger charge is -2.42. The average Bonchev–Trinajstić information content (AvgIpc) is 3.21. The van der Waals surface area contributed by atoms with Crippen LogP contribution in [0, 0.1) is 5.92 Å². The molecule has 0 radical (unpaired) electrons. The van der Waals surface area contributed by atoms with E-state index in [0.717, 1.165) is 64.2 Å². The third-order valence-electron chi connectivity index (χ3n) is 6.72. The van der Waals surface area contributed by atoms with Gasteiger partial charge in [0.2, 0.25) is 0 Å². The Morgan fingerprint density at radius 2 is 1.83 bits per heavy atom. The Balaban J connectivity index is 0.00000300. The SMILES string of the molecule is CCNC(=NCC1(N(C)C)CCOCC1)NC1CCN(CC2CCOC2)CC1.I. The van der Waals surface area contributed by atoms with Gasteiger partial charge in [0, 0.05) is 57.6 Å². The Kier molecular flexibility index (Phi) is 10.9. The van der Waals surface area contributed by atoms with E-state index in [2.05, 4.69) is 41.5 Å². The summed E-state index contributed by atoms with van der Waals surface area (Å²) in [5.41, 5.74) is 0.118. The molecule has 0 aromatic carbocycles. The van der Waals surface area contributed by atoms with E-state index in [-0.39, 0.29) is 29.5 Å². The molecular weight excluding hydrogens is 481 g/mol. The van der Waals surface area contributed by atoms with Gasteiger partial charge in [-0.3, -0.25) is 4.99 Å². The van der Waals surface area contributed by atoms with Crippen LogP contribution in [-0.4, -0.2) is 101 Å². The van der Waals surface area contributed by atoms with Gasteiger partial charge in [0.1, 0.15) is 0 Å². The van der Waals surface area contributed by atoms with Crippen molar-refractivity contribution >= 4 is 29.9 Å². The predicted molar refractivity (Wildman–Crippen MR) is 129 cm³/mol. The maximum atomic E-state index is 5.59. The third-order valence-corrected chi connectivity index (χ3v) is 6.72. The van der Waals surface area contributed by atoms with Crippen LogP contribution in [0.4, 0.5) is 0 Å². The zero-order valence-electron chi connectivity index (χ0n) is 18.6. The molecule has 0 aromatic rings. The van der Waals surface area contributed by atoms with Gasteiger partial charge in [-0.1, -0.05) is 0 Å². The number of likely N-dealkylation sites (tertiary alicyclic amines) is 1. The van der Waals surface area contributed by atoms with Crippen molar-refractivity contribution in [3.63, 3.8) is 0 Å². The molecule has 3 fully saturated rings. The maximum absolute atomic E-state index is 5.59. The highest BCUT2D eigenvalue weighted by molar-refractivity contribution is 14.0. The Hall–Kier alpha value is -0.160. The molecule has 0 amide bonds. The summed E-state index contributed by atoms with van der Waals surface area (Å²) < 4.78 is 11.1. The minimum Gasteiger partial charge on any atom is -0.381 e. The molecule has 3 aliphatic heterocycles. The first-order valence-electron chi connectivity index (χ1n) is 11.2. The number of guanidine groups is 1. The summed E-state index contributed by atoms with van der Waals surface area (Å²) in [6.45, 7) is 11.0. The molecule has 8 heteroatoms. The number of nitrogens with one attached hydrogen (secondary N) is 2. The van der Waals surface area contributed by atoms with E-state index in [0.29, 0.717) is 6.04 Å². The summed E-state index contributed by atoms with van der Waals surface area (Å²) in [5.74, 6) is 1.71. The molecule has 2 N–H and O–H groups in total. The average molecular weight is 524 g/mol. The summed E-state index contributed by atoms with van der Waals surface area (Å²) in [7, 11) is 4.35. The number of likely N-dealkylation sites (N-methyl/N-ethyl adjacent to an activating group) is 1. The monoisotopic (exact) mass is 523 g/mol.